The van der Waals surface area contributed by atoms with Crippen LogP contribution >= 0.6 is 0 Å². The van der Waals surface area contributed by atoms with Gasteiger partial charge in [-0.2, -0.15) is 0 Å². The van der Waals surface area contributed by atoms with E-state index in [9.17, 15) is 14.7 Å². The summed E-state index contributed by atoms with van der Waals surface area (Å²) < 4.78 is 0. The summed E-state index contributed by atoms with van der Waals surface area (Å²) in [7, 11) is 0. The highest BCUT2D eigenvalue weighted by Gasteiger charge is 2.42. The van der Waals surface area contributed by atoms with E-state index in [0.717, 1.165) is 0 Å². The van der Waals surface area contributed by atoms with Gasteiger partial charge >= 0.3 is 0 Å². The Bertz CT molecular complexity index is 586. The van der Waals surface area contributed by atoms with E-state index in [1.54, 1.807) is 24.4 Å². The topological polar surface area (TPSA) is 103 Å². The van der Waals surface area contributed by atoms with Crippen molar-refractivity contribution in [1.29, 1.82) is 0 Å². The fourth-order valence-corrected chi connectivity index (χ4v) is 2.49. The number of carbonyl (C=O) groups excluding carboxylic acids is 2. The SMILES string of the molecule is CC(=O)C1=C(O)C(=O)N(CCNCCO)[C@H]1c1ccccn1. The van der Waals surface area contributed by atoms with Crippen molar-refractivity contribution < 1.29 is 19.8 Å². The van der Waals surface area contributed by atoms with E-state index in [1.807, 2.05) is 0 Å². The summed E-state index contributed by atoms with van der Waals surface area (Å²) >= 11 is 0. The fraction of sp³-hybridized carbons (Fsp3) is 0.400. The van der Waals surface area contributed by atoms with E-state index in [2.05, 4.69) is 10.3 Å². The molecule has 0 spiro atoms. The van der Waals surface area contributed by atoms with E-state index in [1.165, 1.54) is 11.8 Å². The summed E-state index contributed by atoms with van der Waals surface area (Å²) in [5.41, 5.74) is 0.609. The van der Waals surface area contributed by atoms with Crippen LogP contribution in [0.5, 0.6) is 0 Å². The number of aliphatic hydroxyl groups is 2. The Morgan fingerprint density at radius 3 is 2.77 bits per heavy atom. The summed E-state index contributed by atoms with van der Waals surface area (Å²) in [6, 6.07) is 4.54. The third kappa shape index (κ3) is 3.15. The largest absolute Gasteiger partial charge is 0.503 e. The van der Waals surface area contributed by atoms with Crippen LogP contribution in [0.3, 0.4) is 0 Å². The van der Waals surface area contributed by atoms with Gasteiger partial charge in [-0.1, -0.05) is 6.07 Å². The third-order valence-corrected chi connectivity index (χ3v) is 3.47. The lowest BCUT2D eigenvalue weighted by Gasteiger charge is -2.25. The molecule has 1 amide bonds. The second-order valence-electron chi connectivity index (χ2n) is 4.95. The van der Waals surface area contributed by atoms with Gasteiger partial charge in [0.05, 0.1) is 17.9 Å². The summed E-state index contributed by atoms with van der Waals surface area (Å²) in [4.78, 5) is 29.7. The molecule has 7 heteroatoms. The first-order valence-electron chi connectivity index (χ1n) is 7.05. The number of pyridine rings is 1. The Hall–Kier alpha value is -2.25. The minimum Gasteiger partial charge on any atom is -0.503 e. The minimum atomic E-state index is -0.679. The normalized spacial score (nSPS) is 18.2. The standard InChI is InChI=1S/C15H19N3O4/c1-10(20)12-13(11-4-2-3-5-17-11)18(15(22)14(12)21)8-6-16-7-9-19/h2-5,13,16,19,21H,6-9H2,1H3/t13-/m0/s1. The summed E-state index contributed by atoms with van der Waals surface area (Å²) in [6.07, 6.45) is 1.58. The number of amides is 1. The first kappa shape index (κ1) is 16.1. The van der Waals surface area contributed by atoms with Gasteiger partial charge in [0.1, 0.15) is 6.04 Å². The van der Waals surface area contributed by atoms with Gasteiger partial charge in [-0.15, -0.1) is 0 Å². The van der Waals surface area contributed by atoms with Gasteiger partial charge in [-0.05, 0) is 19.1 Å². The monoisotopic (exact) mass is 305 g/mol. The zero-order valence-corrected chi connectivity index (χ0v) is 12.3. The number of hydrogen-bond acceptors (Lipinski definition) is 6. The number of nitrogens with one attached hydrogen (secondary N) is 1. The Kier molecular flexibility index (Phi) is 5.24. The van der Waals surface area contributed by atoms with Gasteiger partial charge < -0.3 is 20.4 Å². The maximum Gasteiger partial charge on any atom is 0.290 e. The molecule has 0 radical (unpaired) electrons. The Balaban J connectivity index is 2.28. The van der Waals surface area contributed by atoms with Crippen LogP contribution in [0.4, 0.5) is 0 Å². The van der Waals surface area contributed by atoms with Crippen LogP contribution in [0, 0.1) is 0 Å². The van der Waals surface area contributed by atoms with Crippen LogP contribution in [0.2, 0.25) is 0 Å². The number of Topliss-reactive ketones (excluding diaryl/α,β-unsaturated/α-hetero) is 1. The molecule has 3 N–H and O–H groups in total. The molecule has 7 nitrogen and oxygen atoms in total. The number of aliphatic hydroxyl groups excluding tert-OH is 2. The average Bonchev–Trinajstić information content (AvgIpc) is 2.77. The molecule has 118 valence electrons. The smallest absolute Gasteiger partial charge is 0.290 e. The fourth-order valence-electron chi connectivity index (χ4n) is 2.49. The van der Waals surface area contributed by atoms with Crippen molar-refractivity contribution in [3.63, 3.8) is 0 Å². The van der Waals surface area contributed by atoms with Crippen molar-refractivity contribution in [2.24, 2.45) is 0 Å². The summed E-state index contributed by atoms with van der Waals surface area (Å²) in [5.74, 6) is -1.44. The molecule has 0 aromatic carbocycles. The Morgan fingerprint density at radius 1 is 1.41 bits per heavy atom. The molecule has 22 heavy (non-hydrogen) atoms. The molecule has 1 aliphatic heterocycles. The van der Waals surface area contributed by atoms with Crippen molar-refractivity contribution in [2.75, 3.05) is 26.2 Å². The number of hydrogen-bond donors (Lipinski definition) is 3. The van der Waals surface area contributed by atoms with Crippen LogP contribution in [0.1, 0.15) is 18.7 Å². The molecule has 1 aliphatic rings. The lowest BCUT2D eigenvalue weighted by Crippen LogP contribution is -2.37. The van der Waals surface area contributed by atoms with E-state index in [0.29, 0.717) is 25.3 Å². The lowest BCUT2D eigenvalue weighted by molar-refractivity contribution is -0.129. The molecule has 0 fully saturated rings. The number of ketones is 1. The van der Waals surface area contributed by atoms with Crippen molar-refractivity contribution in [3.05, 3.63) is 41.4 Å². The van der Waals surface area contributed by atoms with Crippen molar-refractivity contribution >= 4 is 11.7 Å². The van der Waals surface area contributed by atoms with Crippen molar-refractivity contribution in [3.8, 4) is 0 Å². The molecule has 1 atom stereocenters. The molecule has 2 heterocycles. The van der Waals surface area contributed by atoms with Gasteiger partial charge in [-0.3, -0.25) is 14.6 Å². The second kappa shape index (κ2) is 7.15. The van der Waals surface area contributed by atoms with Crippen molar-refractivity contribution in [2.45, 2.75) is 13.0 Å². The minimum absolute atomic E-state index is 0.000187. The summed E-state index contributed by atoms with van der Waals surface area (Å²) in [5, 5.41) is 21.7. The van der Waals surface area contributed by atoms with E-state index >= 15 is 0 Å². The molecule has 1 aromatic rings. The zero-order chi connectivity index (χ0) is 16.1. The average molecular weight is 305 g/mol. The van der Waals surface area contributed by atoms with E-state index < -0.39 is 17.7 Å². The highest BCUT2D eigenvalue weighted by atomic mass is 16.3. The Morgan fingerprint density at radius 2 is 2.18 bits per heavy atom. The predicted molar refractivity (Wildman–Crippen MR) is 79.0 cm³/mol. The van der Waals surface area contributed by atoms with Gasteiger partial charge in [0.25, 0.3) is 5.91 Å². The van der Waals surface area contributed by atoms with Crippen molar-refractivity contribution in [1.82, 2.24) is 15.2 Å². The zero-order valence-electron chi connectivity index (χ0n) is 12.3. The second-order valence-corrected chi connectivity index (χ2v) is 4.95. The molecule has 0 bridgehead atoms. The maximum atomic E-state index is 12.2. The number of carbonyl (C=O) groups is 2. The highest BCUT2D eigenvalue weighted by Crippen LogP contribution is 2.36. The van der Waals surface area contributed by atoms with E-state index in [4.69, 9.17) is 5.11 Å². The third-order valence-electron chi connectivity index (χ3n) is 3.47. The molecule has 1 aromatic heterocycles. The van der Waals surface area contributed by atoms with Gasteiger partial charge in [0.2, 0.25) is 0 Å². The molecule has 0 unspecified atom stereocenters. The highest BCUT2D eigenvalue weighted by molar-refractivity contribution is 6.07. The predicted octanol–water partition coefficient (Wildman–Crippen LogP) is -0.0521. The first-order valence-corrected chi connectivity index (χ1v) is 7.05. The van der Waals surface area contributed by atoms with Gasteiger partial charge in [0.15, 0.2) is 11.5 Å². The van der Waals surface area contributed by atoms with Crippen LogP contribution in [0.15, 0.2) is 35.7 Å². The van der Waals surface area contributed by atoms with Gasteiger partial charge in [0, 0.05) is 25.8 Å². The summed E-state index contributed by atoms with van der Waals surface area (Å²) in [6.45, 7) is 2.46. The first-order chi connectivity index (χ1) is 10.6. The van der Waals surface area contributed by atoms with Crippen LogP contribution in [-0.4, -0.2) is 58.0 Å². The number of aromatic nitrogens is 1. The van der Waals surface area contributed by atoms with E-state index in [-0.39, 0.29) is 18.0 Å². The van der Waals surface area contributed by atoms with Crippen LogP contribution < -0.4 is 5.32 Å². The molecule has 0 aliphatic carbocycles. The maximum absolute atomic E-state index is 12.2. The number of nitrogens with zero attached hydrogens (tertiary/aromatic N) is 2. The van der Waals surface area contributed by atoms with Gasteiger partial charge in [-0.25, -0.2) is 0 Å². The quantitative estimate of drug-likeness (QED) is 0.610. The molecular formula is C15H19N3O4. The van der Waals surface area contributed by atoms with Crippen LogP contribution in [0.25, 0.3) is 0 Å². The van der Waals surface area contributed by atoms with Crippen LogP contribution in [-0.2, 0) is 9.59 Å². The lowest BCUT2D eigenvalue weighted by atomic mass is 10.0. The number of rotatable bonds is 7. The molecular weight excluding hydrogens is 286 g/mol. The molecule has 2 rings (SSSR count). The Labute approximate surface area is 128 Å². The molecule has 0 saturated carbocycles. The molecule has 0 saturated heterocycles.